The van der Waals surface area contributed by atoms with Gasteiger partial charge in [-0.15, -0.1) is 0 Å². The lowest BCUT2D eigenvalue weighted by atomic mass is 10.1. The van der Waals surface area contributed by atoms with Crippen LogP contribution in [-0.4, -0.2) is 15.0 Å². The first-order chi connectivity index (χ1) is 6.66. The Morgan fingerprint density at radius 3 is 2.43 bits per heavy atom. The Bertz CT molecular complexity index is 457. The molecule has 0 aromatic carbocycles. The highest BCUT2D eigenvalue weighted by molar-refractivity contribution is 5.61. The van der Waals surface area contributed by atoms with Gasteiger partial charge in [0.2, 0.25) is 0 Å². The van der Waals surface area contributed by atoms with Crippen molar-refractivity contribution in [1.82, 2.24) is 15.0 Å². The maximum absolute atomic E-state index is 4.28. The van der Waals surface area contributed by atoms with E-state index in [1.165, 1.54) is 5.56 Å². The van der Waals surface area contributed by atoms with E-state index in [4.69, 9.17) is 0 Å². The molecule has 2 heterocycles. The largest absolute Gasteiger partial charge is 0.342 e. The highest BCUT2D eigenvalue weighted by Gasteiger charge is 2.04. The van der Waals surface area contributed by atoms with Crippen molar-refractivity contribution in [3.8, 4) is 11.3 Å². The van der Waals surface area contributed by atoms with Crippen LogP contribution in [0, 0.1) is 20.8 Å². The zero-order chi connectivity index (χ0) is 10.1. The second kappa shape index (κ2) is 3.25. The monoisotopic (exact) mass is 187 g/mol. The van der Waals surface area contributed by atoms with Gasteiger partial charge in [-0.3, -0.25) is 4.98 Å². The van der Waals surface area contributed by atoms with Crippen LogP contribution < -0.4 is 0 Å². The molecule has 0 amide bonds. The number of pyridine rings is 1. The van der Waals surface area contributed by atoms with E-state index in [1.54, 1.807) is 0 Å². The van der Waals surface area contributed by atoms with Gasteiger partial charge in [0.25, 0.3) is 0 Å². The molecule has 3 nitrogen and oxygen atoms in total. The van der Waals surface area contributed by atoms with Crippen molar-refractivity contribution in [2.24, 2.45) is 0 Å². The lowest BCUT2D eigenvalue weighted by molar-refractivity contribution is 1.14. The molecule has 0 aliphatic heterocycles. The van der Waals surface area contributed by atoms with Crippen molar-refractivity contribution in [2.75, 3.05) is 0 Å². The number of nitrogens with zero attached hydrogens (tertiary/aromatic N) is 2. The molecule has 0 atom stereocenters. The average molecular weight is 187 g/mol. The SMILES string of the molecule is Cc1cc(C)c(-c2cnc(C)[nH]2)cn1. The second-order valence-electron chi connectivity index (χ2n) is 3.52. The Kier molecular flexibility index (Phi) is 2.08. The van der Waals surface area contributed by atoms with Gasteiger partial charge in [-0.05, 0) is 32.4 Å². The molecule has 0 bridgehead atoms. The molecule has 0 radical (unpaired) electrons. The average Bonchev–Trinajstić information content (AvgIpc) is 2.51. The molecule has 1 N–H and O–H groups in total. The van der Waals surface area contributed by atoms with E-state index < -0.39 is 0 Å². The molecule has 2 rings (SSSR count). The smallest absolute Gasteiger partial charge is 0.103 e. The highest BCUT2D eigenvalue weighted by Crippen LogP contribution is 2.20. The fraction of sp³-hybridized carbons (Fsp3) is 0.273. The molecular formula is C11H13N3. The summed E-state index contributed by atoms with van der Waals surface area (Å²) in [5, 5.41) is 0. The summed E-state index contributed by atoms with van der Waals surface area (Å²) < 4.78 is 0. The summed E-state index contributed by atoms with van der Waals surface area (Å²) >= 11 is 0. The summed E-state index contributed by atoms with van der Waals surface area (Å²) in [5.74, 6) is 0.931. The summed E-state index contributed by atoms with van der Waals surface area (Å²) in [6.07, 6.45) is 3.73. The number of aromatic nitrogens is 3. The first-order valence-corrected chi connectivity index (χ1v) is 4.62. The van der Waals surface area contributed by atoms with Crippen LogP contribution in [0.5, 0.6) is 0 Å². The van der Waals surface area contributed by atoms with Crippen LogP contribution in [0.1, 0.15) is 17.1 Å². The standard InChI is InChI=1S/C11H13N3/c1-7-4-8(2)12-5-10(7)11-6-13-9(3)14-11/h4-6H,1-3H3,(H,13,14). The van der Waals surface area contributed by atoms with Gasteiger partial charge >= 0.3 is 0 Å². The van der Waals surface area contributed by atoms with Gasteiger partial charge in [0, 0.05) is 17.5 Å². The third kappa shape index (κ3) is 1.53. The molecular weight excluding hydrogens is 174 g/mol. The van der Waals surface area contributed by atoms with Crippen molar-refractivity contribution in [1.29, 1.82) is 0 Å². The quantitative estimate of drug-likeness (QED) is 0.744. The van der Waals surface area contributed by atoms with Gasteiger partial charge in [0.15, 0.2) is 0 Å². The van der Waals surface area contributed by atoms with Crippen molar-refractivity contribution >= 4 is 0 Å². The zero-order valence-electron chi connectivity index (χ0n) is 8.63. The normalized spacial score (nSPS) is 10.5. The molecule has 72 valence electrons. The number of hydrogen-bond acceptors (Lipinski definition) is 2. The molecule has 2 aromatic rings. The van der Waals surface area contributed by atoms with Gasteiger partial charge in [-0.1, -0.05) is 0 Å². The molecule has 0 spiro atoms. The summed E-state index contributed by atoms with van der Waals surface area (Å²) in [6.45, 7) is 6.02. The summed E-state index contributed by atoms with van der Waals surface area (Å²) in [7, 11) is 0. The van der Waals surface area contributed by atoms with Crippen LogP contribution >= 0.6 is 0 Å². The minimum atomic E-state index is 0.931. The maximum atomic E-state index is 4.28. The fourth-order valence-corrected chi connectivity index (χ4v) is 1.54. The lowest BCUT2D eigenvalue weighted by Gasteiger charge is -2.02. The van der Waals surface area contributed by atoms with Crippen LogP contribution in [0.3, 0.4) is 0 Å². The van der Waals surface area contributed by atoms with Gasteiger partial charge in [0.05, 0.1) is 11.9 Å². The van der Waals surface area contributed by atoms with E-state index in [0.717, 1.165) is 22.8 Å². The summed E-state index contributed by atoms with van der Waals surface area (Å²) in [4.78, 5) is 11.7. The van der Waals surface area contributed by atoms with E-state index >= 15 is 0 Å². The first kappa shape index (κ1) is 8.94. The molecule has 3 heteroatoms. The van der Waals surface area contributed by atoms with E-state index in [2.05, 4.69) is 27.9 Å². The van der Waals surface area contributed by atoms with E-state index in [-0.39, 0.29) is 0 Å². The van der Waals surface area contributed by atoms with Crippen LogP contribution in [0.2, 0.25) is 0 Å². The van der Waals surface area contributed by atoms with Crippen LogP contribution in [0.15, 0.2) is 18.5 Å². The Labute approximate surface area is 83.2 Å². The number of hydrogen-bond donors (Lipinski definition) is 1. The zero-order valence-corrected chi connectivity index (χ0v) is 8.63. The number of nitrogens with one attached hydrogen (secondary N) is 1. The van der Waals surface area contributed by atoms with Crippen molar-refractivity contribution in [3.05, 3.63) is 35.5 Å². The third-order valence-corrected chi connectivity index (χ3v) is 2.24. The minimum absolute atomic E-state index is 0.931. The predicted molar refractivity (Wildman–Crippen MR) is 56.0 cm³/mol. The molecule has 2 aromatic heterocycles. The van der Waals surface area contributed by atoms with Crippen molar-refractivity contribution in [2.45, 2.75) is 20.8 Å². The predicted octanol–water partition coefficient (Wildman–Crippen LogP) is 2.40. The maximum Gasteiger partial charge on any atom is 0.103 e. The van der Waals surface area contributed by atoms with Gasteiger partial charge < -0.3 is 4.98 Å². The van der Waals surface area contributed by atoms with Crippen molar-refractivity contribution in [3.63, 3.8) is 0 Å². The van der Waals surface area contributed by atoms with Gasteiger partial charge in [0.1, 0.15) is 5.82 Å². The Morgan fingerprint density at radius 1 is 1.07 bits per heavy atom. The van der Waals surface area contributed by atoms with Crippen LogP contribution in [-0.2, 0) is 0 Å². The minimum Gasteiger partial charge on any atom is -0.342 e. The number of H-pyrrole nitrogens is 1. The number of aromatic amines is 1. The molecule has 0 fully saturated rings. The Balaban J connectivity index is 2.52. The molecule has 14 heavy (non-hydrogen) atoms. The van der Waals surface area contributed by atoms with Crippen molar-refractivity contribution < 1.29 is 0 Å². The van der Waals surface area contributed by atoms with E-state index in [1.807, 2.05) is 26.2 Å². The fourth-order valence-electron chi connectivity index (χ4n) is 1.54. The molecule has 0 aliphatic rings. The van der Waals surface area contributed by atoms with Crippen LogP contribution in [0.25, 0.3) is 11.3 Å². The van der Waals surface area contributed by atoms with E-state index in [0.29, 0.717) is 0 Å². The van der Waals surface area contributed by atoms with Gasteiger partial charge in [-0.25, -0.2) is 4.98 Å². The number of imidazole rings is 1. The topological polar surface area (TPSA) is 41.6 Å². The van der Waals surface area contributed by atoms with Crippen LogP contribution in [0.4, 0.5) is 0 Å². The first-order valence-electron chi connectivity index (χ1n) is 4.62. The highest BCUT2D eigenvalue weighted by atomic mass is 14.9. The van der Waals surface area contributed by atoms with Gasteiger partial charge in [-0.2, -0.15) is 0 Å². The summed E-state index contributed by atoms with van der Waals surface area (Å²) in [6, 6.07) is 2.07. The Hall–Kier alpha value is -1.64. The molecule has 0 aliphatic carbocycles. The molecule has 0 saturated heterocycles. The number of aryl methyl sites for hydroxylation is 3. The lowest BCUT2D eigenvalue weighted by Crippen LogP contribution is -1.88. The summed E-state index contributed by atoms with van der Waals surface area (Å²) in [5.41, 5.74) is 4.42. The third-order valence-electron chi connectivity index (χ3n) is 2.24. The molecule has 0 unspecified atom stereocenters. The molecule has 0 saturated carbocycles. The second-order valence-corrected chi connectivity index (χ2v) is 3.52. The van der Waals surface area contributed by atoms with E-state index in [9.17, 15) is 0 Å². The number of rotatable bonds is 1. The Morgan fingerprint density at radius 2 is 1.86 bits per heavy atom.